The molecule has 226 valence electrons. The smallest absolute Gasteiger partial charge is 0.359 e. The molecule has 16 heteroatoms. The molecule has 2 heterocycles. The molecule has 10 nitrogen and oxygen atoms in total. The predicted octanol–water partition coefficient (Wildman–Crippen LogP) is 5.28. The van der Waals surface area contributed by atoms with Crippen molar-refractivity contribution in [3.63, 3.8) is 0 Å². The minimum atomic E-state index is -4.63. The number of halogens is 6. The number of aromatic amines is 1. The maximum atomic E-state index is 13.8. The zero-order valence-electron chi connectivity index (χ0n) is 22.8. The third-order valence-electron chi connectivity index (χ3n) is 6.56. The van der Waals surface area contributed by atoms with Crippen LogP contribution < -0.4 is 15.5 Å². The van der Waals surface area contributed by atoms with Crippen LogP contribution in [-0.4, -0.2) is 39.3 Å². The Bertz CT molecular complexity index is 1400. The minimum Gasteiger partial charge on any atom is -0.359 e. The Balaban J connectivity index is 1.91. The van der Waals surface area contributed by atoms with Gasteiger partial charge in [0.2, 0.25) is 11.6 Å². The topological polar surface area (TPSA) is 140 Å². The van der Waals surface area contributed by atoms with Gasteiger partial charge in [-0.05, 0) is 35.9 Å². The lowest BCUT2D eigenvalue weighted by Gasteiger charge is -2.31. The van der Waals surface area contributed by atoms with Crippen molar-refractivity contribution in [3.05, 3.63) is 46.2 Å². The molecule has 0 saturated heterocycles. The second kappa shape index (κ2) is 11.6. The van der Waals surface area contributed by atoms with Gasteiger partial charge < -0.3 is 20.8 Å². The molecule has 1 aromatic carbocycles. The average Bonchev–Trinajstić information content (AvgIpc) is 3.44. The van der Waals surface area contributed by atoms with Gasteiger partial charge in [0.1, 0.15) is 5.82 Å². The minimum absolute atomic E-state index is 0.0192. The number of hydrogen-bond donors (Lipinski definition) is 3. The predicted molar refractivity (Wildman–Crippen MR) is 132 cm³/mol. The van der Waals surface area contributed by atoms with E-state index in [-0.39, 0.29) is 22.1 Å². The molecule has 2 amide bonds. The molecule has 0 aliphatic heterocycles. The van der Waals surface area contributed by atoms with Crippen molar-refractivity contribution in [2.45, 2.75) is 84.2 Å². The van der Waals surface area contributed by atoms with Crippen LogP contribution in [0.3, 0.4) is 0 Å². The molecule has 0 bridgehead atoms. The Hall–Kier alpha value is -3.85. The molecule has 41 heavy (non-hydrogen) atoms. The molecule has 0 aliphatic rings. The van der Waals surface area contributed by atoms with E-state index in [0.717, 1.165) is 13.8 Å². The number of nitrogens with one attached hydrogen (secondary N) is 3. The fourth-order valence-corrected chi connectivity index (χ4v) is 4.10. The van der Waals surface area contributed by atoms with Gasteiger partial charge in [-0.15, -0.1) is 0 Å². The number of fused-ring (bicyclic) bond motifs is 1. The van der Waals surface area contributed by atoms with Crippen LogP contribution >= 0.6 is 0 Å². The maximum absolute atomic E-state index is 13.8. The van der Waals surface area contributed by atoms with E-state index in [0.29, 0.717) is 16.6 Å². The van der Waals surface area contributed by atoms with Crippen LogP contribution in [0.15, 0.2) is 22.8 Å². The molecular formula is C25H30F6N6O4. The van der Waals surface area contributed by atoms with Crippen molar-refractivity contribution in [1.29, 1.82) is 0 Å². The monoisotopic (exact) mass is 592 g/mol. The molecule has 3 rings (SSSR count). The van der Waals surface area contributed by atoms with Crippen molar-refractivity contribution in [2.24, 2.45) is 5.41 Å². The van der Waals surface area contributed by atoms with Crippen molar-refractivity contribution in [2.75, 3.05) is 0 Å². The molecule has 2 atom stereocenters. The Kier molecular flexibility index (Phi) is 8.93. The van der Waals surface area contributed by atoms with Crippen LogP contribution in [0.25, 0.3) is 11.0 Å². The Morgan fingerprint density at radius 2 is 1.76 bits per heavy atom. The first-order chi connectivity index (χ1) is 18.8. The Morgan fingerprint density at radius 1 is 1.10 bits per heavy atom. The standard InChI is InChI=1S/C25H30F6N6O4/c1-12(2)20-19(36-41-37(20)40)22(39)35-17(11-23(4,5)25(29,30)31)21-33-15-7-6-14(10-16(15)34-21)13(3)32-18(38)8-9-24(26,27)28/h6-7,10,12-13,17H,8-9,11H2,1-5H3,(H,32,38)(H,33,34)(H,35,39)/t13-,17+/m1/s1. The number of carbonyl (C=O) groups is 2. The van der Waals surface area contributed by atoms with E-state index in [4.69, 9.17) is 0 Å². The summed E-state index contributed by atoms with van der Waals surface area (Å²) in [4.78, 5) is 32.3. The summed E-state index contributed by atoms with van der Waals surface area (Å²) in [5.41, 5.74) is -1.58. The molecule has 3 aromatic rings. The highest BCUT2D eigenvalue weighted by molar-refractivity contribution is 5.93. The fraction of sp³-hybridized carbons (Fsp3) is 0.560. The van der Waals surface area contributed by atoms with Crippen LogP contribution in [0.5, 0.6) is 0 Å². The lowest BCUT2D eigenvalue weighted by atomic mass is 9.84. The molecule has 0 spiro atoms. The zero-order valence-corrected chi connectivity index (χ0v) is 22.8. The summed E-state index contributed by atoms with van der Waals surface area (Å²) in [5, 5.41) is 20.3. The van der Waals surface area contributed by atoms with Crippen molar-refractivity contribution in [3.8, 4) is 0 Å². The van der Waals surface area contributed by atoms with E-state index in [2.05, 4.69) is 30.4 Å². The highest BCUT2D eigenvalue weighted by Crippen LogP contribution is 2.43. The van der Waals surface area contributed by atoms with Gasteiger partial charge in [0.15, 0.2) is 0 Å². The first-order valence-corrected chi connectivity index (χ1v) is 12.6. The first-order valence-electron chi connectivity index (χ1n) is 12.6. The summed E-state index contributed by atoms with van der Waals surface area (Å²) in [7, 11) is 0. The summed E-state index contributed by atoms with van der Waals surface area (Å²) in [6.07, 6.45) is -11.7. The van der Waals surface area contributed by atoms with E-state index in [1.54, 1.807) is 32.9 Å². The fourth-order valence-electron chi connectivity index (χ4n) is 4.10. The summed E-state index contributed by atoms with van der Waals surface area (Å²) in [6, 6.07) is 2.62. The largest absolute Gasteiger partial charge is 0.394 e. The number of hydrogen-bond acceptors (Lipinski definition) is 6. The van der Waals surface area contributed by atoms with Crippen LogP contribution in [-0.2, 0) is 4.79 Å². The number of H-pyrrole nitrogens is 1. The number of benzene rings is 1. The molecule has 2 aromatic heterocycles. The number of alkyl halides is 6. The van der Waals surface area contributed by atoms with Crippen LogP contribution in [0.1, 0.15) is 99.5 Å². The second-order valence-corrected chi connectivity index (χ2v) is 10.7. The highest BCUT2D eigenvalue weighted by Gasteiger charge is 2.49. The van der Waals surface area contributed by atoms with E-state index in [1.807, 2.05) is 0 Å². The Labute approximate surface area is 230 Å². The lowest BCUT2D eigenvalue weighted by molar-refractivity contribution is -0.808. The summed E-state index contributed by atoms with van der Waals surface area (Å²) >= 11 is 0. The van der Waals surface area contributed by atoms with Gasteiger partial charge in [-0.2, -0.15) is 26.3 Å². The summed E-state index contributed by atoms with van der Waals surface area (Å²) in [5.74, 6) is -2.24. The highest BCUT2D eigenvalue weighted by atomic mass is 19.4. The van der Waals surface area contributed by atoms with E-state index in [1.165, 1.54) is 6.07 Å². The summed E-state index contributed by atoms with van der Waals surface area (Å²) < 4.78 is 83.2. The molecule has 3 N–H and O–H groups in total. The normalized spacial score (nSPS) is 14.3. The van der Waals surface area contributed by atoms with Crippen molar-refractivity contribution >= 4 is 22.8 Å². The van der Waals surface area contributed by atoms with E-state index < -0.39 is 66.8 Å². The first kappa shape index (κ1) is 31.7. The molecule has 0 aliphatic carbocycles. The number of rotatable bonds is 10. The van der Waals surface area contributed by atoms with Crippen molar-refractivity contribution in [1.82, 2.24) is 25.8 Å². The quantitative estimate of drug-likeness (QED) is 0.216. The number of amides is 2. The van der Waals surface area contributed by atoms with Gasteiger partial charge in [0.05, 0.1) is 40.1 Å². The van der Waals surface area contributed by atoms with Crippen LogP contribution in [0.4, 0.5) is 26.3 Å². The van der Waals surface area contributed by atoms with Gasteiger partial charge >= 0.3 is 24.0 Å². The van der Waals surface area contributed by atoms with Gasteiger partial charge in [-0.3, -0.25) is 14.2 Å². The van der Waals surface area contributed by atoms with E-state index >= 15 is 0 Å². The second-order valence-electron chi connectivity index (χ2n) is 10.7. The molecule has 0 saturated carbocycles. The van der Waals surface area contributed by atoms with Gasteiger partial charge in [0.25, 0.3) is 0 Å². The van der Waals surface area contributed by atoms with Gasteiger partial charge in [0, 0.05) is 12.3 Å². The maximum Gasteiger partial charge on any atom is 0.394 e. The average molecular weight is 593 g/mol. The van der Waals surface area contributed by atoms with Gasteiger partial charge in [-0.1, -0.05) is 33.8 Å². The molecule has 0 unspecified atom stereocenters. The SMILES string of the molecule is CC(C)c1c(C(=O)N[C@@H](CC(C)(C)C(F)(F)F)c2nc3ccc([C@@H](C)NC(=O)CCC(F)(F)F)cc3[nH]2)no[n+]1[O-]. The van der Waals surface area contributed by atoms with Crippen molar-refractivity contribution < 1.29 is 45.5 Å². The molecular weight excluding hydrogens is 562 g/mol. The van der Waals surface area contributed by atoms with Crippen LogP contribution in [0, 0.1) is 10.6 Å². The number of nitrogens with zero attached hydrogens (tertiary/aromatic N) is 3. The van der Waals surface area contributed by atoms with Gasteiger partial charge in [-0.25, -0.2) is 4.98 Å². The third-order valence-corrected chi connectivity index (χ3v) is 6.56. The number of aromatic nitrogens is 4. The zero-order chi connectivity index (χ0) is 30.9. The summed E-state index contributed by atoms with van der Waals surface area (Å²) in [6.45, 7) is 6.72. The number of imidazole rings is 1. The van der Waals surface area contributed by atoms with Crippen LogP contribution in [0.2, 0.25) is 0 Å². The lowest BCUT2D eigenvalue weighted by Crippen LogP contribution is -2.39. The Morgan fingerprint density at radius 3 is 2.34 bits per heavy atom. The molecule has 0 radical (unpaired) electrons. The number of carbonyl (C=O) groups excluding carboxylic acids is 2. The van der Waals surface area contributed by atoms with E-state index in [9.17, 15) is 41.1 Å². The molecule has 0 fully saturated rings. The third kappa shape index (κ3) is 7.67.